The van der Waals surface area contributed by atoms with Gasteiger partial charge in [-0.05, 0) is 54.8 Å². The first-order valence-corrected chi connectivity index (χ1v) is 12.5. The van der Waals surface area contributed by atoms with E-state index in [0.717, 1.165) is 69.7 Å². The van der Waals surface area contributed by atoms with Crippen LogP contribution in [-0.2, 0) is 4.79 Å². The monoisotopic (exact) mass is 474 g/mol. The lowest BCUT2D eigenvalue weighted by Gasteiger charge is -2.30. The van der Waals surface area contributed by atoms with E-state index in [4.69, 9.17) is 4.74 Å². The zero-order chi connectivity index (χ0) is 21.5. The molecule has 174 valence electrons. The number of likely N-dealkylation sites (tertiary alicyclic amines) is 1. The molecule has 0 radical (unpaired) electrons. The van der Waals surface area contributed by atoms with Crippen LogP contribution in [0.5, 0.6) is 5.75 Å². The van der Waals surface area contributed by atoms with Crippen molar-refractivity contribution in [1.82, 2.24) is 9.80 Å². The minimum absolute atomic E-state index is 0. The van der Waals surface area contributed by atoms with Crippen molar-refractivity contribution in [2.24, 2.45) is 0 Å². The molecule has 6 heteroatoms. The van der Waals surface area contributed by atoms with Crippen LogP contribution in [0.2, 0.25) is 0 Å². The van der Waals surface area contributed by atoms with E-state index in [-0.39, 0.29) is 18.3 Å². The third-order valence-corrected chi connectivity index (χ3v) is 7.56. The van der Waals surface area contributed by atoms with E-state index in [1.807, 2.05) is 12.1 Å². The molecule has 1 aromatic heterocycles. The number of nitrogens with zero attached hydrogens (tertiary/aromatic N) is 2. The molecular formula is C26H35ClN2O2S. The van der Waals surface area contributed by atoms with Crippen molar-refractivity contribution in [1.29, 1.82) is 0 Å². The number of thiophene rings is 1. The molecule has 1 fully saturated rings. The maximum absolute atomic E-state index is 13.5. The molecule has 3 heterocycles. The number of ether oxygens (including phenoxy) is 1. The minimum atomic E-state index is -0.0398. The van der Waals surface area contributed by atoms with Gasteiger partial charge in [-0.15, -0.1) is 23.7 Å². The molecular weight excluding hydrogens is 440 g/mol. The van der Waals surface area contributed by atoms with Gasteiger partial charge in [0.1, 0.15) is 5.75 Å². The quantitative estimate of drug-likeness (QED) is 0.505. The highest BCUT2D eigenvalue weighted by atomic mass is 35.5. The van der Waals surface area contributed by atoms with E-state index in [2.05, 4.69) is 45.5 Å². The maximum atomic E-state index is 13.5. The zero-order valence-electron chi connectivity index (χ0n) is 19.0. The number of methoxy groups -OCH3 is 1. The Morgan fingerprint density at radius 2 is 1.81 bits per heavy atom. The summed E-state index contributed by atoms with van der Waals surface area (Å²) >= 11 is 1.76. The largest absolute Gasteiger partial charge is 0.495 e. The molecule has 0 spiro atoms. The summed E-state index contributed by atoms with van der Waals surface area (Å²) in [6, 6.07) is 12.4. The van der Waals surface area contributed by atoms with Gasteiger partial charge in [0.25, 0.3) is 0 Å². The van der Waals surface area contributed by atoms with E-state index in [0.29, 0.717) is 5.91 Å². The Bertz CT molecular complexity index is 875. The van der Waals surface area contributed by atoms with Gasteiger partial charge in [0, 0.05) is 26.2 Å². The zero-order valence-corrected chi connectivity index (χ0v) is 20.6. The average Bonchev–Trinajstić information content (AvgIpc) is 3.13. The van der Waals surface area contributed by atoms with Crippen molar-refractivity contribution in [3.8, 4) is 5.75 Å². The fourth-order valence-electron chi connectivity index (χ4n) is 4.75. The molecule has 1 amide bonds. The number of hydrogen-bond donors (Lipinski definition) is 0. The normalized spacial score (nSPS) is 18.3. The lowest BCUT2D eigenvalue weighted by molar-refractivity contribution is -0.133. The summed E-state index contributed by atoms with van der Waals surface area (Å²) in [4.78, 5) is 19.4. The summed E-state index contributed by atoms with van der Waals surface area (Å²) < 4.78 is 5.50. The summed E-state index contributed by atoms with van der Waals surface area (Å²) in [6.07, 6.45) is 9.02. The number of hydrogen-bond acceptors (Lipinski definition) is 4. The van der Waals surface area contributed by atoms with Crippen LogP contribution in [0.15, 0.2) is 47.9 Å². The molecule has 32 heavy (non-hydrogen) atoms. The van der Waals surface area contributed by atoms with E-state index in [1.165, 1.54) is 23.3 Å². The van der Waals surface area contributed by atoms with Crippen molar-refractivity contribution in [2.75, 3.05) is 39.8 Å². The number of carbonyl (C=O) groups excluding carboxylic acids is 1. The van der Waals surface area contributed by atoms with Crippen LogP contribution < -0.4 is 4.74 Å². The van der Waals surface area contributed by atoms with E-state index in [9.17, 15) is 4.79 Å². The van der Waals surface area contributed by atoms with Gasteiger partial charge in [0.05, 0.1) is 17.9 Å². The first-order chi connectivity index (χ1) is 15.3. The number of benzene rings is 1. The van der Waals surface area contributed by atoms with Crippen LogP contribution in [0.25, 0.3) is 5.57 Å². The number of amides is 1. The van der Waals surface area contributed by atoms with Crippen LogP contribution in [0, 0.1) is 0 Å². The summed E-state index contributed by atoms with van der Waals surface area (Å²) in [7, 11) is 1.74. The Balaban J connectivity index is 0.00000289. The summed E-state index contributed by atoms with van der Waals surface area (Å²) in [5.74, 6) is 1.27. The first kappa shape index (κ1) is 24.8. The van der Waals surface area contributed by atoms with Gasteiger partial charge in [-0.2, -0.15) is 0 Å². The van der Waals surface area contributed by atoms with Crippen LogP contribution >= 0.6 is 23.7 Å². The average molecular weight is 475 g/mol. The maximum Gasteiger partial charge on any atom is 0.230 e. The van der Waals surface area contributed by atoms with Gasteiger partial charge < -0.3 is 9.64 Å². The van der Waals surface area contributed by atoms with Gasteiger partial charge in [0.15, 0.2) is 0 Å². The molecule has 1 aromatic carbocycles. The summed E-state index contributed by atoms with van der Waals surface area (Å²) in [5, 5.41) is 2.10. The molecule has 2 aliphatic heterocycles. The number of carbonyl (C=O) groups is 1. The second-order valence-corrected chi connectivity index (χ2v) is 9.51. The van der Waals surface area contributed by atoms with E-state index < -0.39 is 0 Å². The van der Waals surface area contributed by atoms with Crippen molar-refractivity contribution >= 4 is 35.2 Å². The van der Waals surface area contributed by atoms with Gasteiger partial charge in [-0.1, -0.05) is 49.2 Å². The Kier molecular flexibility index (Phi) is 9.64. The Hall–Kier alpha value is -1.82. The topological polar surface area (TPSA) is 32.8 Å². The second-order valence-electron chi connectivity index (χ2n) is 8.59. The lowest BCUT2D eigenvalue weighted by Crippen LogP contribution is -2.38. The highest BCUT2D eigenvalue weighted by Crippen LogP contribution is 2.35. The van der Waals surface area contributed by atoms with Crippen LogP contribution in [-0.4, -0.2) is 55.5 Å². The molecule has 2 aliphatic rings. The van der Waals surface area contributed by atoms with Crippen molar-refractivity contribution < 1.29 is 9.53 Å². The summed E-state index contributed by atoms with van der Waals surface area (Å²) in [5.41, 5.74) is 2.55. The fourth-order valence-corrected chi connectivity index (χ4v) is 5.69. The third kappa shape index (κ3) is 6.15. The fraction of sp³-hybridized carbons (Fsp3) is 0.500. The second kappa shape index (κ2) is 12.4. The minimum Gasteiger partial charge on any atom is -0.495 e. The number of halogens is 1. The third-order valence-electron chi connectivity index (χ3n) is 6.59. The molecule has 2 aromatic rings. The molecule has 0 saturated carbocycles. The number of rotatable bonds is 7. The molecule has 0 bridgehead atoms. The predicted molar refractivity (Wildman–Crippen MR) is 136 cm³/mol. The van der Waals surface area contributed by atoms with E-state index >= 15 is 0 Å². The predicted octanol–water partition coefficient (Wildman–Crippen LogP) is 5.84. The van der Waals surface area contributed by atoms with Crippen LogP contribution in [0.3, 0.4) is 0 Å². The van der Waals surface area contributed by atoms with Crippen LogP contribution in [0.4, 0.5) is 0 Å². The van der Waals surface area contributed by atoms with Crippen molar-refractivity contribution in [3.63, 3.8) is 0 Å². The Morgan fingerprint density at radius 3 is 2.47 bits per heavy atom. The Labute approximate surface area is 202 Å². The molecule has 1 atom stereocenters. The van der Waals surface area contributed by atoms with Crippen molar-refractivity contribution in [2.45, 2.75) is 44.4 Å². The molecule has 4 nitrogen and oxygen atoms in total. The van der Waals surface area contributed by atoms with Gasteiger partial charge in [-0.3, -0.25) is 9.69 Å². The van der Waals surface area contributed by atoms with Crippen LogP contribution in [0.1, 0.15) is 54.9 Å². The summed E-state index contributed by atoms with van der Waals surface area (Å²) in [6.45, 7) is 4.76. The first-order valence-electron chi connectivity index (χ1n) is 11.6. The molecule has 1 saturated heterocycles. The van der Waals surface area contributed by atoms with Gasteiger partial charge in [0.2, 0.25) is 5.91 Å². The highest BCUT2D eigenvalue weighted by Gasteiger charge is 2.27. The van der Waals surface area contributed by atoms with Gasteiger partial charge in [-0.25, -0.2) is 0 Å². The molecule has 0 aliphatic carbocycles. The molecule has 0 N–H and O–H groups in total. The lowest BCUT2D eigenvalue weighted by atomic mass is 9.93. The molecule has 1 unspecified atom stereocenters. The smallest absolute Gasteiger partial charge is 0.230 e. The Morgan fingerprint density at radius 1 is 1.06 bits per heavy atom. The standard InChI is InChI=1S/C26H34N2O2S.ClH/c1-30-24-14-20-31-25(24)22-11-17-27(18-12-22)19-13-23(21-9-5-4-6-10-21)26(29)28-15-7-2-3-8-16-28;/h4-6,9-11,14,20,23H,2-3,7-8,12-13,15-19H2,1H3;1H. The van der Waals surface area contributed by atoms with Crippen molar-refractivity contribution in [3.05, 3.63) is 58.3 Å². The van der Waals surface area contributed by atoms with E-state index in [1.54, 1.807) is 18.4 Å². The highest BCUT2D eigenvalue weighted by molar-refractivity contribution is 7.11. The molecule has 4 rings (SSSR count). The SMILES string of the molecule is COc1ccsc1C1=CCN(CCC(C(=O)N2CCCCCC2)c2ccccc2)CC1.Cl. The van der Waals surface area contributed by atoms with Gasteiger partial charge >= 0.3 is 0 Å².